The van der Waals surface area contributed by atoms with Crippen LogP contribution in [0.15, 0.2) is 5.16 Å². The second-order valence-corrected chi connectivity index (χ2v) is 7.77. The third-order valence-corrected chi connectivity index (χ3v) is 4.72. The molecule has 0 bridgehead atoms. The lowest BCUT2D eigenvalue weighted by Gasteiger charge is -2.25. The third-order valence-electron chi connectivity index (χ3n) is 4.72. The molecule has 1 fully saturated rings. The number of ether oxygens (including phenoxy) is 2. The first-order valence-corrected chi connectivity index (χ1v) is 9.07. The zero-order chi connectivity index (χ0) is 18.8. The van der Waals surface area contributed by atoms with E-state index in [-0.39, 0.29) is 30.0 Å². The number of carbonyl (C=O) groups is 2. The summed E-state index contributed by atoms with van der Waals surface area (Å²) in [7, 11) is 0. The highest BCUT2D eigenvalue weighted by Crippen LogP contribution is 2.41. The Balaban J connectivity index is 2.17. The van der Waals surface area contributed by atoms with Crippen LogP contribution in [0.25, 0.3) is 0 Å². The molecular formula is C18H30N2O5. The molecule has 0 spiro atoms. The van der Waals surface area contributed by atoms with E-state index in [1.54, 1.807) is 6.92 Å². The van der Waals surface area contributed by atoms with E-state index in [9.17, 15) is 9.59 Å². The molecule has 142 valence electrons. The normalized spacial score (nSPS) is 29.3. The summed E-state index contributed by atoms with van der Waals surface area (Å²) in [6.45, 7) is 11.7. The number of carbonyl (C=O) groups excluding carboxylic acids is 2. The molecule has 25 heavy (non-hydrogen) atoms. The standard InChI is InChI=1S/C18H30N2O5/c1-7-10(3)14-13-12(19-17(22)24-18(4,5)6)9-11(15(13)25-20-14)16(21)23-8-2/h10-13,15H,7-9H2,1-6H3,(H,19,22). The van der Waals surface area contributed by atoms with Gasteiger partial charge >= 0.3 is 12.1 Å². The molecule has 5 unspecified atom stereocenters. The predicted octanol–water partition coefficient (Wildman–Crippen LogP) is 2.88. The quantitative estimate of drug-likeness (QED) is 0.767. The molecule has 2 aliphatic rings. The summed E-state index contributed by atoms with van der Waals surface area (Å²) in [6, 6.07) is -0.260. The number of oxime groups is 1. The van der Waals surface area contributed by atoms with E-state index in [1.165, 1.54) is 0 Å². The molecule has 0 aromatic heterocycles. The molecule has 1 saturated carbocycles. The van der Waals surface area contributed by atoms with E-state index in [2.05, 4.69) is 24.3 Å². The Morgan fingerprint density at radius 2 is 2.04 bits per heavy atom. The molecule has 1 aliphatic heterocycles. The first-order valence-electron chi connectivity index (χ1n) is 9.07. The summed E-state index contributed by atoms with van der Waals surface area (Å²) < 4.78 is 10.5. The van der Waals surface area contributed by atoms with Crippen molar-refractivity contribution >= 4 is 17.8 Å². The van der Waals surface area contributed by atoms with Gasteiger partial charge in [0.25, 0.3) is 0 Å². The number of hydrogen-bond donors (Lipinski definition) is 1. The lowest BCUT2D eigenvalue weighted by molar-refractivity contribution is -0.152. The molecule has 1 amide bonds. The first-order chi connectivity index (χ1) is 11.7. The number of fused-ring (bicyclic) bond motifs is 1. The molecule has 0 aromatic rings. The van der Waals surface area contributed by atoms with E-state index in [0.717, 1.165) is 12.1 Å². The van der Waals surface area contributed by atoms with Crippen LogP contribution in [0.4, 0.5) is 4.79 Å². The second-order valence-electron chi connectivity index (χ2n) is 7.77. The smallest absolute Gasteiger partial charge is 0.407 e. The van der Waals surface area contributed by atoms with Crippen molar-refractivity contribution in [1.82, 2.24) is 5.32 Å². The van der Waals surface area contributed by atoms with Crippen LogP contribution in [-0.2, 0) is 19.1 Å². The van der Waals surface area contributed by atoms with E-state index in [1.807, 2.05) is 20.8 Å². The molecule has 0 radical (unpaired) electrons. The fourth-order valence-corrected chi connectivity index (χ4v) is 3.44. The SMILES string of the molecule is CCOC(=O)C1CC(NC(=O)OC(C)(C)C)C2C(C(C)CC)=NOC12. The zero-order valence-corrected chi connectivity index (χ0v) is 16.0. The van der Waals surface area contributed by atoms with Crippen LogP contribution < -0.4 is 5.32 Å². The largest absolute Gasteiger partial charge is 0.466 e. The van der Waals surface area contributed by atoms with Crippen LogP contribution in [0.3, 0.4) is 0 Å². The van der Waals surface area contributed by atoms with Gasteiger partial charge in [0.1, 0.15) is 5.60 Å². The van der Waals surface area contributed by atoms with Gasteiger partial charge in [0.05, 0.1) is 24.2 Å². The Labute approximate surface area is 149 Å². The van der Waals surface area contributed by atoms with Gasteiger partial charge in [0.15, 0.2) is 6.10 Å². The monoisotopic (exact) mass is 354 g/mol. The van der Waals surface area contributed by atoms with E-state index in [4.69, 9.17) is 14.3 Å². The number of rotatable bonds is 5. The van der Waals surface area contributed by atoms with Crippen molar-refractivity contribution < 1.29 is 23.9 Å². The zero-order valence-electron chi connectivity index (χ0n) is 16.0. The van der Waals surface area contributed by atoms with Gasteiger partial charge in [-0.3, -0.25) is 4.79 Å². The molecule has 5 atom stereocenters. The highest BCUT2D eigenvalue weighted by molar-refractivity contribution is 5.92. The maximum absolute atomic E-state index is 12.3. The summed E-state index contributed by atoms with van der Waals surface area (Å²) >= 11 is 0. The number of hydrogen-bond acceptors (Lipinski definition) is 6. The maximum Gasteiger partial charge on any atom is 0.407 e. The lowest BCUT2D eigenvalue weighted by Crippen LogP contribution is -2.44. The fraction of sp³-hybridized carbons (Fsp3) is 0.833. The molecule has 1 N–H and O–H groups in total. The summed E-state index contributed by atoms with van der Waals surface area (Å²) in [5, 5.41) is 7.15. The van der Waals surface area contributed by atoms with Crippen LogP contribution in [0.1, 0.15) is 54.4 Å². The van der Waals surface area contributed by atoms with Crippen molar-refractivity contribution in [2.75, 3.05) is 6.61 Å². The molecule has 0 aromatic carbocycles. The van der Waals surface area contributed by atoms with Gasteiger partial charge in [-0.25, -0.2) is 4.79 Å². The number of amides is 1. The van der Waals surface area contributed by atoms with E-state index in [0.29, 0.717) is 13.0 Å². The van der Waals surface area contributed by atoms with Gasteiger partial charge in [-0.1, -0.05) is 19.0 Å². The van der Waals surface area contributed by atoms with Crippen molar-refractivity contribution in [3.05, 3.63) is 0 Å². The van der Waals surface area contributed by atoms with Gasteiger partial charge in [0.2, 0.25) is 0 Å². The van der Waals surface area contributed by atoms with Crippen LogP contribution >= 0.6 is 0 Å². The number of nitrogens with one attached hydrogen (secondary N) is 1. The van der Waals surface area contributed by atoms with Crippen LogP contribution in [0.5, 0.6) is 0 Å². The number of alkyl carbamates (subject to hydrolysis) is 1. The Kier molecular flexibility index (Phi) is 5.95. The molecule has 7 nitrogen and oxygen atoms in total. The minimum atomic E-state index is -0.581. The lowest BCUT2D eigenvalue weighted by atomic mass is 9.86. The van der Waals surface area contributed by atoms with E-state index < -0.39 is 17.6 Å². The van der Waals surface area contributed by atoms with Crippen molar-refractivity contribution in [3.8, 4) is 0 Å². The number of esters is 1. The van der Waals surface area contributed by atoms with Gasteiger partial charge in [-0.05, 0) is 46.5 Å². The Bertz CT molecular complexity index is 540. The molecule has 2 rings (SSSR count). The summed E-state index contributed by atoms with van der Waals surface area (Å²) in [5.74, 6) is -0.641. The highest BCUT2D eigenvalue weighted by atomic mass is 16.6. The number of nitrogens with zero attached hydrogens (tertiary/aromatic N) is 1. The van der Waals surface area contributed by atoms with Gasteiger partial charge in [-0.15, -0.1) is 0 Å². The van der Waals surface area contributed by atoms with Crippen molar-refractivity contribution in [1.29, 1.82) is 0 Å². The van der Waals surface area contributed by atoms with Crippen LogP contribution in [-0.4, -0.2) is 42.1 Å². The summed E-state index contributed by atoms with van der Waals surface area (Å²) in [4.78, 5) is 30.1. The summed E-state index contributed by atoms with van der Waals surface area (Å²) in [6.07, 6.45) is 0.497. The topological polar surface area (TPSA) is 86.2 Å². The molecule has 1 heterocycles. The fourth-order valence-electron chi connectivity index (χ4n) is 3.44. The van der Waals surface area contributed by atoms with E-state index >= 15 is 0 Å². The maximum atomic E-state index is 12.3. The van der Waals surface area contributed by atoms with Gasteiger partial charge in [-0.2, -0.15) is 0 Å². The summed E-state index contributed by atoms with van der Waals surface area (Å²) in [5.41, 5.74) is 0.322. The van der Waals surface area contributed by atoms with Crippen molar-refractivity contribution in [3.63, 3.8) is 0 Å². The highest BCUT2D eigenvalue weighted by Gasteiger charge is 2.55. The van der Waals surface area contributed by atoms with Crippen molar-refractivity contribution in [2.24, 2.45) is 22.9 Å². The minimum absolute atomic E-state index is 0.128. The Morgan fingerprint density at radius 1 is 1.36 bits per heavy atom. The second kappa shape index (κ2) is 7.62. The average Bonchev–Trinajstić information content (AvgIpc) is 3.06. The van der Waals surface area contributed by atoms with Crippen LogP contribution in [0.2, 0.25) is 0 Å². The third kappa shape index (κ3) is 4.44. The van der Waals surface area contributed by atoms with Crippen molar-refractivity contribution in [2.45, 2.75) is 72.1 Å². The molecule has 0 saturated heterocycles. The van der Waals surface area contributed by atoms with Gasteiger partial charge in [0, 0.05) is 6.04 Å². The first kappa shape index (κ1) is 19.5. The molecular weight excluding hydrogens is 324 g/mol. The predicted molar refractivity (Wildman–Crippen MR) is 93.2 cm³/mol. The minimum Gasteiger partial charge on any atom is -0.466 e. The van der Waals surface area contributed by atoms with Crippen LogP contribution in [0, 0.1) is 17.8 Å². The average molecular weight is 354 g/mol. The Hall–Kier alpha value is -1.79. The Morgan fingerprint density at radius 3 is 2.60 bits per heavy atom. The molecule has 1 aliphatic carbocycles. The molecule has 7 heteroatoms. The van der Waals surface area contributed by atoms with Gasteiger partial charge < -0.3 is 19.6 Å².